The summed E-state index contributed by atoms with van der Waals surface area (Å²) in [5.74, 6) is 1.17. The van der Waals surface area contributed by atoms with Gasteiger partial charge in [-0.3, -0.25) is 4.90 Å². The number of nitrogens with zero attached hydrogens (tertiary/aromatic N) is 1. The molecule has 0 bridgehead atoms. The van der Waals surface area contributed by atoms with Gasteiger partial charge in [0.05, 0.1) is 6.04 Å². The third-order valence-corrected chi connectivity index (χ3v) is 5.19. The Morgan fingerprint density at radius 3 is 2.50 bits per heavy atom. The minimum Gasteiger partial charge on any atom is -0.326 e. The minimum atomic E-state index is 0.156. The first kappa shape index (κ1) is 16.0. The summed E-state index contributed by atoms with van der Waals surface area (Å²) >= 11 is 3.78. The molecule has 2 N–H and O–H groups in total. The minimum absolute atomic E-state index is 0.156. The van der Waals surface area contributed by atoms with E-state index < -0.39 is 0 Å². The predicted molar refractivity (Wildman–Crippen MR) is 85.7 cm³/mol. The number of thiophene rings is 1. The summed E-state index contributed by atoms with van der Waals surface area (Å²) in [6.45, 7) is 6.53. The zero-order valence-corrected chi connectivity index (χ0v) is 13.8. The fourth-order valence-corrected chi connectivity index (χ4v) is 4.39. The lowest BCUT2D eigenvalue weighted by Crippen LogP contribution is -2.43. The van der Waals surface area contributed by atoms with Crippen molar-refractivity contribution >= 4 is 23.1 Å². The molecule has 0 aliphatic carbocycles. The third kappa shape index (κ3) is 3.98. The van der Waals surface area contributed by atoms with Gasteiger partial charge in [-0.05, 0) is 45.7 Å². The van der Waals surface area contributed by atoms with E-state index in [1.165, 1.54) is 21.9 Å². The van der Waals surface area contributed by atoms with E-state index in [0.29, 0.717) is 12.1 Å². The van der Waals surface area contributed by atoms with Crippen LogP contribution in [-0.4, -0.2) is 36.0 Å². The van der Waals surface area contributed by atoms with Crippen molar-refractivity contribution in [2.45, 2.75) is 45.3 Å². The zero-order valence-electron chi connectivity index (χ0n) is 12.1. The van der Waals surface area contributed by atoms with Crippen molar-refractivity contribution in [2.24, 2.45) is 5.73 Å². The van der Waals surface area contributed by atoms with Crippen LogP contribution in [0.2, 0.25) is 0 Å². The van der Waals surface area contributed by atoms with Crippen molar-refractivity contribution in [3.05, 3.63) is 21.9 Å². The fourth-order valence-electron chi connectivity index (χ4n) is 2.39. The maximum atomic E-state index is 6.23. The lowest BCUT2D eigenvalue weighted by molar-refractivity contribution is 0.167. The Morgan fingerprint density at radius 2 is 2.11 bits per heavy atom. The zero-order chi connectivity index (χ0) is 13.7. The fraction of sp³-hybridized carbons (Fsp3) is 0.714. The third-order valence-electron chi connectivity index (χ3n) is 3.40. The van der Waals surface area contributed by atoms with Crippen molar-refractivity contribution in [1.82, 2.24) is 4.90 Å². The smallest absolute Gasteiger partial charge is 0.0591 e. The number of hydrogen-bond donors (Lipinski definition) is 1. The summed E-state index contributed by atoms with van der Waals surface area (Å²) in [6, 6.07) is 5.51. The Balaban J connectivity index is 2.90. The van der Waals surface area contributed by atoms with Crippen molar-refractivity contribution in [1.29, 1.82) is 0 Å². The molecule has 2 nitrogen and oxygen atoms in total. The SMILES string of the molecule is CCC(CSC)N(C)C(c1ccc(C)s1)C(C)N. The Hall–Kier alpha value is -0.0300. The number of thioether (sulfide) groups is 1. The number of rotatable bonds is 7. The first-order valence-electron chi connectivity index (χ1n) is 6.54. The molecule has 3 atom stereocenters. The molecule has 3 unspecified atom stereocenters. The van der Waals surface area contributed by atoms with Crippen LogP contribution in [0.15, 0.2) is 12.1 Å². The average Bonchev–Trinajstić information content (AvgIpc) is 2.72. The number of aryl methyl sites for hydroxylation is 1. The Kier molecular flexibility index (Phi) is 6.71. The van der Waals surface area contributed by atoms with E-state index in [1.54, 1.807) is 0 Å². The van der Waals surface area contributed by atoms with E-state index in [-0.39, 0.29) is 6.04 Å². The number of hydrogen-bond acceptors (Lipinski definition) is 4. The highest BCUT2D eigenvalue weighted by atomic mass is 32.2. The van der Waals surface area contributed by atoms with Gasteiger partial charge in [0.15, 0.2) is 0 Å². The summed E-state index contributed by atoms with van der Waals surface area (Å²) in [5.41, 5.74) is 6.23. The largest absolute Gasteiger partial charge is 0.326 e. The molecule has 104 valence electrons. The van der Waals surface area contributed by atoms with Crippen LogP contribution in [-0.2, 0) is 0 Å². The van der Waals surface area contributed by atoms with Gasteiger partial charge in [0.1, 0.15) is 0 Å². The Morgan fingerprint density at radius 1 is 1.44 bits per heavy atom. The quantitative estimate of drug-likeness (QED) is 0.831. The summed E-state index contributed by atoms with van der Waals surface area (Å²) in [5, 5.41) is 0. The number of nitrogens with two attached hydrogens (primary N) is 1. The van der Waals surface area contributed by atoms with Crippen LogP contribution in [0.1, 0.15) is 36.1 Å². The molecular weight excluding hydrogens is 260 g/mol. The summed E-state index contributed by atoms with van der Waals surface area (Å²) < 4.78 is 0. The Labute approximate surface area is 120 Å². The van der Waals surface area contributed by atoms with Gasteiger partial charge in [-0.1, -0.05) is 6.92 Å². The summed E-state index contributed by atoms with van der Waals surface area (Å²) in [6.07, 6.45) is 3.34. The summed E-state index contributed by atoms with van der Waals surface area (Å²) in [7, 11) is 2.22. The molecule has 4 heteroatoms. The van der Waals surface area contributed by atoms with E-state index in [0.717, 1.165) is 0 Å². The summed E-state index contributed by atoms with van der Waals surface area (Å²) in [4.78, 5) is 5.22. The molecule has 0 saturated carbocycles. The molecule has 1 aromatic heterocycles. The standard InChI is InChI=1S/C14H26N2S2/c1-6-12(9-17-5)16(4)14(11(3)15)13-8-7-10(2)18-13/h7-8,11-12,14H,6,9,15H2,1-5H3. The van der Waals surface area contributed by atoms with Crippen LogP contribution in [0.4, 0.5) is 0 Å². The highest BCUT2D eigenvalue weighted by molar-refractivity contribution is 7.98. The molecule has 0 aliphatic heterocycles. The Bertz CT molecular complexity index is 349. The van der Waals surface area contributed by atoms with Crippen LogP contribution >= 0.6 is 23.1 Å². The molecule has 0 amide bonds. The van der Waals surface area contributed by atoms with E-state index in [4.69, 9.17) is 5.73 Å². The van der Waals surface area contributed by atoms with Gasteiger partial charge in [-0.2, -0.15) is 11.8 Å². The van der Waals surface area contributed by atoms with Crippen LogP contribution in [0.5, 0.6) is 0 Å². The van der Waals surface area contributed by atoms with Crippen molar-refractivity contribution in [3.63, 3.8) is 0 Å². The van der Waals surface area contributed by atoms with Gasteiger partial charge >= 0.3 is 0 Å². The molecule has 0 saturated heterocycles. The molecule has 0 spiro atoms. The van der Waals surface area contributed by atoms with Crippen LogP contribution in [0.3, 0.4) is 0 Å². The number of likely N-dealkylation sites (N-methyl/N-ethyl adjacent to an activating group) is 1. The van der Waals surface area contributed by atoms with E-state index >= 15 is 0 Å². The van der Waals surface area contributed by atoms with Gasteiger partial charge in [-0.15, -0.1) is 11.3 Å². The van der Waals surface area contributed by atoms with Crippen molar-refractivity contribution in [2.75, 3.05) is 19.1 Å². The monoisotopic (exact) mass is 286 g/mol. The molecular formula is C14H26N2S2. The topological polar surface area (TPSA) is 29.3 Å². The second-order valence-corrected chi connectivity index (χ2v) is 7.17. The molecule has 1 rings (SSSR count). The van der Waals surface area contributed by atoms with Gasteiger partial charge in [-0.25, -0.2) is 0 Å². The van der Waals surface area contributed by atoms with Gasteiger partial charge in [0.25, 0.3) is 0 Å². The van der Waals surface area contributed by atoms with Crippen molar-refractivity contribution in [3.8, 4) is 0 Å². The van der Waals surface area contributed by atoms with Gasteiger partial charge < -0.3 is 5.73 Å². The lowest BCUT2D eigenvalue weighted by atomic mass is 10.0. The van der Waals surface area contributed by atoms with E-state index in [1.807, 2.05) is 23.1 Å². The first-order valence-corrected chi connectivity index (χ1v) is 8.75. The molecule has 0 aromatic carbocycles. The predicted octanol–water partition coefficient (Wildman–Crippen LogP) is 3.52. The highest BCUT2D eigenvalue weighted by Crippen LogP contribution is 2.31. The molecule has 18 heavy (non-hydrogen) atoms. The lowest BCUT2D eigenvalue weighted by Gasteiger charge is -2.36. The van der Waals surface area contributed by atoms with Crippen LogP contribution in [0.25, 0.3) is 0 Å². The molecule has 0 radical (unpaired) electrons. The van der Waals surface area contributed by atoms with Crippen LogP contribution < -0.4 is 5.73 Å². The average molecular weight is 287 g/mol. The maximum Gasteiger partial charge on any atom is 0.0591 e. The van der Waals surface area contributed by atoms with E-state index in [2.05, 4.69) is 51.1 Å². The van der Waals surface area contributed by atoms with E-state index in [9.17, 15) is 0 Å². The molecule has 0 aliphatic rings. The van der Waals surface area contributed by atoms with Crippen molar-refractivity contribution < 1.29 is 0 Å². The second-order valence-electron chi connectivity index (χ2n) is 4.94. The highest BCUT2D eigenvalue weighted by Gasteiger charge is 2.27. The molecule has 1 aromatic rings. The van der Waals surface area contributed by atoms with Crippen LogP contribution in [0, 0.1) is 6.92 Å². The second kappa shape index (κ2) is 7.53. The van der Waals surface area contributed by atoms with Gasteiger partial charge in [0, 0.05) is 27.6 Å². The van der Waals surface area contributed by atoms with Gasteiger partial charge in [0.2, 0.25) is 0 Å². The first-order chi connectivity index (χ1) is 8.51. The normalized spacial score (nSPS) is 16.8. The molecule has 1 heterocycles. The maximum absolute atomic E-state index is 6.23. The molecule has 0 fully saturated rings.